The van der Waals surface area contributed by atoms with Crippen LogP contribution in [0.3, 0.4) is 0 Å². The SMILES string of the molecule is CC(C)(C)NC1CC(O)C1.CC(CN1CCCC1)NC(C)(C)C.CC(CN1CCCCC1)NC(C)(C)C.CC(CN1CCCCC1)NC(C)(C)C. The molecule has 0 amide bonds. The monoisotopic (exact) mass is 724 g/mol. The van der Waals surface area contributed by atoms with Crippen molar-refractivity contribution >= 4 is 0 Å². The van der Waals surface area contributed by atoms with Crippen LogP contribution in [0.4, 0.5) is 0 Å². The Morgan fingerprint density at radius 2 is 0.706 bits per heavy atom. The topological polar surface area (TPSA) is 78.1 Å². The third-order valence-electron chi connectivity index (χ3n) is 9.48. The Morgan fingerprint density at radius 1 is 0.451 bits per heavy atom. The molecule has 5 N–H and O–H groups in total. The molecule has 3 unspecified atom stereocenters. The van der Waals surface area contributed by atoms with Gasteiger partial charge in [-0.05, 0) is 194 Å². The Kier molecular flexibility index (Phi) is 22.5. The molecule has 4 rings (SSSR count). The molecule has 0 spiro atoms. The van der Waals surface area contributed by atoms with E-state index >= 15 is 0 Å². The highest BCUT2D eigenvalue weighted by molar-refractivity contribution is 4.89. The third kappa shape index (κ3) is 28.7. The van der Waals surface area contributed by atoms with E-state index in [0.717, 1.165) is 12.8 Å². The zero-order valence-electron chi connectivity index (χ0n) is 37.1. The number of rotatable bonds is 10. The van der Waals surface area contributed by atoms with E-state index in [0.29, 0.717) is 24.2 Å². The molecule has 0 bridgehead atoms. The molecule has 0 aromatic heterocycles. The van der Waals surface area contributed by atoms with Gasteiger partial charge in [0, 0.05) is 66.0 Å². The van der Waals surface area contributed by atoms with Crippen LogP contribution >= 0.6 is 0 Å². The summed E-state index contributed by atoms with van der Waals surface area (Å²) in [5, 5.41) is 23.3. The lowest BCUT2D eigenvalue weighted by Crippen LogP contribution is -2.51. The van der Waals surface area contributed by atoms with Gasteiger partial charge in [0.1, 0.15) is 0 Å². The summed E-state index contributed by atoms with van der Waals surface area (Å²) in [6, 6.07) is 2.37. The van der Waals surface area contributed by atoms with Crippen molar-refractivity contribution < 1.29 is 5.11 Å². The van der Waals surface area contributed by atoms with Crippen molar-refractivity contribution in [1.82, 2.24) is 36.0 Å². The van der Waals surface area contributed by atoms with Crippen LogP contribution in [-0.4, -0.2) is 131 Å². The highest BCUT2D eigenvalue weighted by Gasteiger charge is 2.29. The molecule has 4 aliphatic rings. The van der Waals surface area contributed by atoms with Crippen LogP contribution in [0.25, 0.3) is 0 Å². The van der Waals surface area contributed by atoms with Crippen molar-refractivity contribution in [2.24, 2.45) is 0 Å². The predicted molar refractivity (Wildman–Crippen MR) is 225 cm³/mol. The van der Waals surface area contributed by atoms with Gasteiger partial charge < -0.3 is 41.1 Å². The number of likely N-dealkylation sites (tertiary alicyclic amines) is 3. The Balaban J connectivity index is 0.000000342. The van der Waals surface area contributed by atoms with E-state index < -0.39 is 0 Å². The van der Waals surface area contributed by atoms with Crippen LogP contribution in [0, 0.1) is 0 Å². The lowest BCUT2D eigenvalue weighted by molar-refractivity contribution is 0.0525. The molecule has 0 radical (unpaired) electrons. The summed E-state index contributed by atoms with van der Waals surface area (Å²) in [4.78, 5) is 7.74. The number of nitrogens with zero attached hydrogens (tertiary/aromatic N) is 3. The summed E-state index contributed by atoms with van der Waals surface area (Å²) < 4.78 is 0. The second kappa shape index (κ2) is 23.6. The minimum absolute atomic E-state index is 0.0418. The zero-order valence-corrected chi connectivity index (χ0v) is 37.1. The Morgan fingerprint density at radius 3 is 0.922 bits per heavy atom. The largest absolute Gasteiger partial charge is 0.393 e. The highest BCUT2D eigenvalue weighted by atomic mass is 16.3. The van der Waals surface area contributed by atoms with Gasteiger partial charge in [0.15, 0.2) is 0 Å². The van der Waals surface area contributed by atoms with E-state index in [1.165, 1.54) is 110 Å². The van der Waals surface area contributed by atoms with Crippen LogP contribution in [0.2, 0.25) is 0 Å². The van der Waals surface area contributed by atoms with E-state index in [4.69, 9.17) is 5.11 Å². The first kappa shape index (κ1) is 48.7. The second-order valence-electron chi connectivity index (χ2n) is 20.8. The lowest BCUT2D eigenvalue weighted by Gasteiger charge is -2.37. The van der Waals surface area contributed by atoms with Gasteiger partial charge >= 0.3 is 0 Å². The number of aliphatic hydroxyl groups is 1. The average Bonchev–Trinajstić information content (AvgIpc) is 3.43. The average molecular weight is 724 g/mol. The summed E-state index contributed by atoms with van der Waals surface area (Å²) >= 11 is 0. The van der Waals surface area contributed by atoms with E-state index in [1.807, 2.05) is 0 Å². The van der Waals surface area contributed by atoms with Gasteiger partial charge in [-0.3, -0.25) is 0 Å². The maximum atomic E-state index is 8.98. The van der Waals surface area contributed by atoms with E-state index in [9.17, 15) is 0 Å². The van der Waals surface area contributed by atoms with Crippen LogP contribution in [0.1, 0.15) is 168 Å². The maximum absolute atomic E-state index is 8.98. The molecule has 0 aromatic rings. The van der Waals surface area contributed by atoms with Crippen molar-refractivity contribution in [2.45, 2.75) is 220 Å². The third-order valence-corrected chi connectivity index (χ3v) is 9.48. The van der Waals surface area contributed by atoms with Gasteiger partial charge in [-0.1, -0.05) is 12.8 Å². The lowest BCUT2D eigenvalue weighted by atomic mass is 9.87. The number of hydrogen-bond acceptors (Lipinski definition) is 8. The molecule has 8 heteroatoms. The number of nitrogens with one attached hydrogen (secondary N) is 4. The molecule has 1 saturated carbocycles. The van der Waals surface area contributed by atoms with Crippen molar-refractivity contribution in [3.63, 3.8) is 0 Å². The fourth-order valence-electron chi connectivity index (χ4n) is 8.08. The maximum Gasteiger partial charge on any atom is 0.0570 e. The number of aliphatic hydroxyl groups excluding tert-OH is 1. The molecule has 3 heterocycles. The van der Waals surface area contributed by atoms with Gasteiger partial charge in [0.05, 0.1) is 6.10 Å². The predicted octanol–water partition coefficient (Wildman–Crippen LogP) is 7.25. The van der Waals surface area contributed by atoms with Crippen LogP contribution in [0.15, 0.2) is 0 Å². The first-order valence-electron chi connectivity index (χ1n) is 21.3. The molecular formula is C43H93N7O. The number of piperidine rings is 2. The fourth-order valence-corrected chi connectivity index (χ4v) is 8.08. The van der Waals surface area contributed by atoms with Gasteiger partial charge in [-0.15, -0.1) is 0 Å². The van der Waals surface area contributed by atoms with Crippen molar-refractivity contribution in [2.75, 3.05) is 58.9 Å². The molecule has 306 valence electrons. The fraction of sp³-hybridized carbons (Fsp3) is 1.00. The Hall–Kier alpha value is -0.320. The van der Waals surface area contributed by atoms with Gasteiger partial charge in [-0.2, -0.15) is 0 Å². The minimum atomic E-state index is -0.0418. The summed E-state index contributed by atoms with van der Waals surface area (Å²) in [6.45, 7) is 44.8. The molecule has 3 aliphatic heterocycles. The Bertz CT molecular complexity index is 810. The van der Waals surface area contributed by atoms with Crippen LogP contribution in [0.5, 0.6) is 0 Å². The van der Waals surface area contributed by atoms with Gasteiger partial charge in [0.2, 0.25) is 0 Å². The molecule has 0 aromatic carbocycles. The molecule has 4 fully saturated rings. The van der Waals surface area contributed by atoms with Crippen LogP contribution in [-0.2, 0) is 0 Å². The normalized spacial score (nSPS) is 24.5. The smallest absolute Gasteiger partial charge is 0.0570 e. The minimum Gasteiger partial charge on any atom is -0.393 e. The molecule has 8 nitrogen and oxygen atoms in total. The summed E-state index contributed by atoms with van der Waals surface area (Å²) in [6.07, 6.45) is 13.0. The molecule has 51 heavy (non-hydrogen) atoms. The van der Waals surface area contributed by atoms with Gasteiger partial charge in [0.25, 0.3) is 0 Å². The van der Waals surface area contributed by atoms with Crippen molar-refractivity contribution in [3.05, 3.63) is 0 Å². The van der Waals surface area contributed by atoms with Crippen molar-refractivity contribution in [3.8, 4) is 0 Å². The summed E-state index contributed by atoms with van der Waals surface area (Å²) in [7, 11) is 0. The molecule has 3 saturated heterocycles. The van der Waals surface area contributed by atoms with E-state index in [1.54, 1.807) is 0 Å². The Labute approximate surface area is 319 Å². The molecule has 1 aliphatic carbocycles. The van der Waals surface area contributed by atoms with Crippen molar-refractivity contribution in [1.29, 1.82) is 0 Å². The standard InChI is InChI=1S/2C12H26N2.C11H24N2.C8H17NO/c2*1-11(13-12(2,3)4)10-14-8-6-5-7-9-14;1-10(12-11(2,3)4)9-13-7-5-6-8-13;1-8(2,3)9-6-4-7(10)5-6/h2*11,13H,5-10H2,1-4H3;10,12H,5-9H2,1-4H3;6-7,9-10H,4-5H2,1-3H3. The van der Waals surface area contributed by atoms with Gasteiger partial charge in [-0.25, -0.2) is 0 Å². The summed E-state index contributed by atoms with van der Waals surface area (Å²) in [5.74, 6) is 0. The molecule has 3 atom stereocenters. The van der Waals surface area contributed by atoms with E-state index in [-0.39, 0.29) is 28.3 Å². The first-order chi connectivity index (χ1) is 23.4. The van der Waals surface area contributed by atoms with E-state index in [2.05, 4.69) is 140 Å². The second-order valence-corrected chi connectivity index (χ2v) is 20.8. The summed E-state index contributed by atoms with van der Waals surface area (Å²) in [5.41, 5.74) is 0.939. The first-order valence-corrected chi connectivity index (χ1v) is 21.3. The quantitative estimate of drug-likeness (QED) is 0.161. The van der Waals surface area contributed by atoms with Crippen LogP contribution < -0.4 is 21.3 Å². The number of hydrogen-bond donors (Lipinski definition) is 5. The molecular weight excluding hydrogens is 631 g/mol. The highest BCUT2D eigenvalue weighted by Crippen LogP contribution is 2.21. The zero-order chi connectivity index (χ0) is 38.9.